The number of likely N-dealkylation sites (tertiary alicyclic amines) is 1. The minimum atomic E-state index is 0.134. The zero-order valence-corrected chi connectivity index (χ0v) is 13.5. The third kappa shape index (κ3) is 3.65. The van der Waals surface area contributed by atoms with Gasteiger partial charge in [0, 0.05) is 36.5 Å². The standard InChI is InChI=1S/C16H24N2O2S/c1-17-7-8-20-13-16(11-17)5-3-6-18(12-16)15(19)10-14-4-2-9-21-14/h2,4,9H,3,5-8,10-13H2,1H3. The Morgan fingerprint density at radius 2 is 2.33 bits per heavy atom. The predicted molar refractivity (Wildman–Crippen MR) is 84.6 cm³/mol. The summed E-state index contributed by atoms with van der Waals surface area (Å²) in [6, 6.07) is 4.06. The second-order valence-corrected chi connectivity index (χ2v) is 7.50. The highest BCUT2D eigenvalue weighted by atomic mass is 32.1. The first-order valence-corrected chi connectivity index (χ1v) is 8.61. The van der Waals surface area contributed by atoms with Crippen LogP contribution in [0.1, 0.15) is 17.7 Å². The van der Waals surface area contributed by atoms with Crippen molar-refractivity contribution in [2.75, 3.05) is 46.4 Å². The molecule has 116 valence electrons. The molecule has 1 aromatic rings. The van der Waals surface area contributed by atoms with Crippen molar-refractivity contribution in [1.82, 2.24) is 9.80 Å². The minimum absolute atomic E-state index is 0.134. The molecule has 0 aliphatic carbocycles. The summed E-state index contributed by atoms with van der Waals surface area (Å²) in [4.78, 5) is 18.1. The Labute approximate surface area is 130 Å². The Bertz CT molecular complexity index is 477. The summed E-state index contributed by atoms with van der Waals surface area (Å²) in [5, 5.41) is 2.04. The molecular formula is C16H24N2O2S. The predicted octanol–water partition coefficient (Wildman–Crippen LogP) is 1.86. The molecule has 1 unspecified atom stereocenters. The average molecular weight is 308 g/mol. The molecule has 2 aliphatic rings. The van der Waals surface area contributed by atoms with Crippen LogP contribution in [0.4, 0.5) is 0 Å². The second-order valence-electron chi connectivity index (χ2n) is 6.47. The Morgan fingerprint density at radius 1 is 1.43 bits per heavy atom. The maximum Gasteiger partial charge on any atom is 0.227 e. The van der Waals surface area contributed by atoms with E-state index >= 15 is 0 Å². The van der Waals surface area contributed by atoms with E-state index in [9.17, 15) is 4.79 Å². The topological polar surface area (TPSA) is 32.8 Å². The molecule has 4 nitrogen and oxygen atoms in total. The maximum absolute atomic E-state index is 12.5. The van der Waals surface area contributed by atoms with Gasteiger partial charge < -0.3 is 14.5 Å². The van der Waals surface area contributed by atoms with Crippen molar-refractivity contribution >= 4 is 17.2 Å². The fourth-order valence-electron chi connectivity index (χ4n) is 3.55. The van der Waals surface area contributed by atoms with Gasteiger partial charge in [0.1, 0.15) is 0 Å². The van der Waals surface area contributed by atoms with Gasteiger partial charge in [-0.2, -0.15) is 0 Å². The summed E-state index contributed by atoms with van der Waals surface area (Å²) in [6.07, 6.45) is 2.80. The van der Waals surface area contributed by atoms with Crippen LogP contribution < -0.4 is 0 Å². The molecule has 0 bridgehead atoms. The van der Waals surface area contributed by atoms with Gasteiger partial charge in [0.05, 0.1) is 19.6 Å². The van der Waals surface area contributed by atoms with Crippen molar-refractivity contribution in [3.05, 3.63) is 22.4 Å². The van der Waals surface area contributed by atoms with Crippen LogP contribution in [0.3, 0.4) is 0 Å². The number of piperidine rings is 1. The van der Waals surface area contributed by atoms with Gasteiger partial charge in [0.25, 0.3) is 0 Å². The van der Waals surface area contributed by atoms with Crippen LogP contribution in [0.15, 0.2) is 17.5 Å². The first-order chi connectivity index (χ1) is 10.2. The first-order valence-electron chi connectivity index (χ1n) is 7.73. The fourth-order valence-corrected chi connectivity index (χ4v) is 4.24. The Kier molecular flexibility index (Phi) is 4.62. The maximum atomic E-state index is 12.5. The largest absolute Gasteiger partial charge is 0.379 e. The molecule has 1 atom stereocenters. The number of rotatable bonds is 2. The summed E-state index contributed by atoms with van der Waals surface area (Å²) < 4.78 is 5.81. The highest BCUT2D eigenvalue weighted by Crippen LogP contribution is 2.33. The lowest BCUT2D eigenvalue weighted by atomic mass is 9.80. The van der Waals surface area contributed by atoms with Crippen LogP contribution >= 0.6 is 11.3 Å². The van der Waals surface area contributed by atoms with Gasteiger partial charge in [0.2, 0.25) is 5.91 Å². The molecule has 2 aliphatic heterocycles. The molecule has 0 aromatic carbocycles. The molecule has 0 radical (unpaired) electrons. The summed E-state index contributed by atoms with van der Waals surface area (Å²) in [5.41, 5.74) is 0.134. The molecule has 0 saturated carbocycles. The van der Waals surface area contributed by atoms with Crippen molar-refractivity contribution in [2.24, 2.45) is 5.41 Å². The number of carbonyl (C=O) groups is 1. The van der Waals surface area contributed by atoms with Gasteiger partial charge in [-0.25, -0.2) is 0 Å². The number of likely N-dealkylation sites (N-methyl/N-ethyl adjacent to an activating group) is 1. The van der Waals surface area contributed by atoms with E-state index < -0.39 is 0 Å². The van der Waals surface area contributed by atoms with Crippen LogP contribution in [-0.4, -0.2) is 62.1 Å². The van der Waals surface area contributed by atoms with Crippen LogP contribution in [0.2, 0.25) is 0 Å². The molecule has 5 heteroatoms. The third-order valence-electron chi connectivity index (χ3n) is 4.55. The molecule has 2 fully saturated rings. The average Bonchev–Trinajstić information content (AvgIpc) is 2.90. The normalized spacial score (nSPS) is 27.8. The quantitative estimate of drug-likeness (QED) is 0.836. The van der Waals surface area contributed by atoms with Crippen molar-refractivity contribution in [1.29, 1.82) is 0 Å². The van der Waals surface area contributed by atoms with Crippen molar-refractivity contribution in [3.8, 4) is 0 Å². The van der Waals surface area contributed by atoms with Gasteiger partial charge >= 0.3 is 0 Å². The molecule has 0 N–H and O–H groups in total. The highest BCUT2D eigenvalue weighted by molar-refractivity contribution is 7.10. The number of hydrogen-bond donors (Lipinski definition) is 0. The van der Waals surface area contributed by atoms with E-state index in [-0.39, 0.29) is 11.3 Å². The summed E-state index contributed by atoms with van der Waals surface area (Å²) in [6.45, 7) is 5.37. The zero-order chi connectivity index (χ0) is 14.7. The van der Waals surface area contributed by atoms with Crippen molar-refractivity contribution in [3.63, 3.8) is 0 Å². The number of carbonyl (C=O) groups excluding carboxylic acids is 1. The van der Waals surface area contributed by atoms with Gasteiger partial charge in [-0.15, -0.1) is 11.3 Å². The van der Waals surface area contributed by atoms with E-state index in [0.717, 1.165) is 50.7 Å². The molecule has 2 saturated heterocycles. The lowest BCUT2D eigenvalue weighted by Gasteiger charge is -2.43. The number of amides is 1. The molecular weight excluding hydrogens is 284 g/mol. The van der Waals surface area contributed by atoms with Gasteiger partial charge in [0.15, 0.2) is 0 Å². The molecule has 1 spiro atoms. The zero-order valence-electron chi connectivity index (χ0n) is 12.7. The molecule has 1 amide bonds. The summed E-state index contributed by atoms with van der Waals surface area (Å²) >= 11 is 1.67. The molecule has 3 rings (SSSR count). The lowest BCUT2D eigenvalue weighted by molar-refractivity contribution is -0.135. The summed E-state index contributed by atoms with van der Waals surface area (Å²) in [7, 11) is 2.16. The number of ether oxygens (including phenoxy) is 1. The number of hydrogen-bond acceptors (Lipinski definition) is 4. The molecule has 21 heavy (non-hydrogen) atoms. The van der Waals surface area contributed by atoms with Crippen LogP contribution in [0.25, 0.3) is 0 Å². The Morgan fingerprint density at radius 3 is 3.14 bits per heavy atom. The molecule has 1 aromatic heterocycles. The third-order valence-corrected chi connectivity index (χ3v) is 5.43. The second kappa shape index (κ2) is 6.46. The smallest absolute Gasteiger partial charge is 0.227 e. The van der Waals surface area contributed by atoms with Crippen molar-refractivity contribution in [2.45, 2.75) is 19.3 Å². The molecule has 3 heterocycles. The minimum Gasteiger partial charge on any atom is -0.379 e. The van der Waals surface area contributed by atoms with Crippen molar-refractivity contribution < 1.29 is 9.53 Å². The lowest BCUT2D eigenvalue weighted by Crippen LogP contribution is -2.52. The fraction of sp³-hybridized carbons (Fsp3) is 0.688. The summed E-state index contributed by atoms with van der Waals surface area (Å²) in [5.74, 6) is 0.267. The van der Waals surface area contributed by atoms with Gasteiger partial charge in [-0.1, -0.05) is 6.07 Å². The van der Waals surface area contributed by atoms with Gasteiger partial charge in [-0.3, -0.25) is 4.79 Å². The number of nitrogens with zero attached hydrogens (tertiary/aromatic N) is 2. The van der Waals surface area contributed by atoms with E-state index in [1.807, 2.05) is 17.5 Å². The van der Waals surface area contributed by atoms with E-state index in [1.54, 1.807) is 11.3 Å². The Hall–Kier alpha value is -0.910. The number of thiophene rings is 1. The SMILES string of the molecule is CN1CCOCC2(CCCN(C(=O)Cc3cccs3)C2)C1. The first kappa shape index (κ1) is 15.0. The van der Waals surface area contributed by atoms with E-state index in [1.165, 1.54) is 6.42 Å². The van der Waals surface area contributed by atoms with Crippen LogP contribution in [0, 0.1) is 5.41 Å². The van der Waals surface area contributed by atoms with Crippen LogP contribution in [0.5, 0.6) is 0 Å². The highest BCUT2D eigenvalue weighted by Gasteiger charge is 2.39. The van der Waals surface area contributed by atoms with Crippen LogP contribution in [-0.2, 0) is 16.0 Å². The van der Waals surface area contributed by atoms with E-state index in [2.05, 4.69) is 16.8 Å². The van der Waals surface area contributed by atoms with E-state index in [0.29, 0.717) is 6.42 Å². The van der Waals surface area contributed by atoms with Gasteiger partial charge in [-0.05, 0) is 31.3 Å². The monoisotopic (exact) mass is 308 g/mol. The van der Waals surface area contributed by atoms with E-state index in [4.69, 9.17) is 4.74 Å². The Balaban J connectivity index is 1.65.